The van der Waals surface area contributed by atoms with Gasteiger partial charge in [0.1, 0.15) is 5.69 Å². The summed E-state index contributed by atoms with van der Waals surface area (Å²) in [5.41, 5.74) is 0.676. The molecule has 0 fully saturated rings. The molecule has 0 bridgehead atoms. The lowest BCUT2D eigenvalue weighted by Gasteiger charge is -2.10. The Kier molecular flexibility index (Phi) is 6.86. The second kappa shape index (κ2) is 9.77. The number of hydrogen-bond donors (Lipinski definition) is 2. The van der Waals surface area contributed by atoms with Crippen molar-refractivity contribution in [3.05, 3.63) is 46.3 Å². The fourth-order valence-corrected chi connectivity index (χ4v) is 3.24. The Morgan fingerprint density at radius 3 is 2.74 bits per heavy atom. The van der Waals surface area contributed by atoms with Gasteiger partial charge >= 0.3 is 0 Å². The molecule has 0 spiro atoms. The Morgan fingerprint density at radius 1 is 1.19 bits per heavy atom. The summed E-state index contributed by atoms with van der Waals surface area (Å²) in [4.78, 5) is 18.5. The molecule has 0 atom stereocenters. The van der Waals surface area contributed by atoms with Crippen LogP contribution in [0.3, 0.4) is 0 Å². The van der Waals surface area contributed by atoms with Gasteiger partial charge in [0, 0.05) is 50.2 Å². The minimum Gasteiger partial charge on any atom is -0.356 e. The van der Waals surface area contributed by atoms with Crippen molar-refractivity contribution in [1.29, 1.82) is 0 Å². The highest BCUT2D eigenvalue weighted by atomic mass is 32.1. The Balaban J connectivity index is 1.40. The average molecular weight is 385 g/mol. The molecule has 0 saturated heterocycles. The van der Waals surface area contributed by atoms with Gasteiger partial charge in [0.2, 0.25) is 0 Å². The molecule has 3 rings (SSSR count). The van der Waals surface area contributed by atoms with Gasteiger partial charge in [-0.15, -0.1) is 11.3 Å². The summed E-state index contributed by atoms with van der Waals surface area (Å²) in [5.74, 6) is 1.81. The normalized spacial score (nSPS) is 11.6. The summed E-state index contributed by atoms with van der Waals surface area (Å²) < 4.78 is 5.26. The van der Waals surface area contributed by atoms with E-state index in [1.165, 1.54) is 4.88 Å². The molecule has 9 heteroatoms. The number of thiazole rings is 1. The van der Waals surface area contributed by atoms with Gasteiger partial charge in [-0.25, -0.2) is 4.98 Å². The molecule has 0 aliphatic heterocycles. The van der Waals surface area contributed by atoms with Gasteiger partial charge in [-0.3, -0.25) is 9.98 Å². The third-order valence-electron chi connectivity index (χ3n) is 3.80. The fraction of sp³-hybridized carbons (Fsp3) is 0.389. The van der Waals surface area contributed by atoms with Crippen molar-refractivity contribution >= 4 is 17.3 Å². The number of aliphatic imine (C=N–C) groups is 1. The first-order valence-corrected chi connectivity index (χ1v) is 9.72. The SMILES string of the molecule is CCc1cnc(CCNC(=NC)NCCc2noc(-c3ccccn3)n2)s1. The highest BCUT2D eigenvalue weighted by Crippen LogP contribution is 2.14. The number of nitrogens with one attached hydrogen (secondary N) is 2. The number of aromatic nitrogens is 4. The number of aryl methyl sites for hydroxylation is 1. The van der Waals surface area contributed by atoms with Crippen LogP contribution < -0.4 is 10.6 Å². The van der Waals surface area contributed by atoms with Crippen molar-refractivity contribution in [2.24, 2.45) is 4.99 Å². The average Bonchev–Trinajstić information content (AvgIpc) is 3.37. The maximum absolute atomic E-state index is 5.26. The largest absolute Gasteiger partial charge is 0.356 e. The first-order valence-electron chi connectivity index (χ1n) is 8.90. The quantitative estimate of drug-likeness (QED) is 0.452. The van der Waals surface area contributed by atoms with E-state index in [2.05, 4.69) is 42.7 Å². The molecule has 0 aliphatic carbocycles. The summed E-state index contributed by atoms with van der Waals surface area (Å²) in [6.07, 6.45) is 6.20. The van der Waals surface area contributed by atoms with E-state index in [4.69, 9.17) is 4.52 Å². The van der Waals surface area contributed by atoms with Crippen LogP contribution in [0.2, 0.25) is 0 Å². The van der Waals surface area contributed by atoms with Crippen LogP contribution in [0.5, 0.6) is 0 Å². The van der Waals surface area contributed by atoms with E-state index in [9.17, 15) is 0 Å². The molecule has 2 N–H and O–H groups in total. The van der Waals surface area contributed by atoms with E-state index >= 15 is 0 Å². The summed E-state index contributed by atoms with van der Waals surface area (Å²) in [7, 11) is 1.75. The number of rotatable bonds is 8. The predicted molar refractivity (Wildman–Crippen MR) is 106 cm³/mol. The fourth-order valence-electron chi connectivity index (χ4n) is 2.38. The molecule has 0 unspecified atom stereocenters. The Labute approximate surface area is 162 Å². The molecule has 27 heavy (non-hydrogen) atoms. The van der Waals surface area contributed by atoms with E-state index < -0.39 is 0 Å². The van der Waals surface area contributed by atoms with Crippen molar-refractivity contribution in [2.75, 3.05) is 20.1 Å². The zero-order chi connectivity index (χ0) is 18.9. The van der Waals surface area contributed by atoms with Crippen LogP contribution in [0.1, 0.15) is 22.6 Å². The first kappa shape index (κ1) is 19.0. The number of hydrogen-bond acceptors (Lipinski definition) is 7. The van der Waals surface area contributed by atoms with E-state index in [0.717, 1.165) is 30.4 Å². The maximum Gasteiger partial charge on any atom is 0.276 e. The van der Waals surface area contributed by atoms with Crippen molar-refractivity contribution in [1.82, 2.24) is 30.7 Å². The summed E-state index contributed by atoms with van der Waals surface area (Å²) >= 11 is 1.76. The summed E-state index contributed by atoms with van der Waals surface area (Å²) in [6.45, 7) is 3.57. The van der Waals surface area contributed by atoms with Crippen LogP contribution in [-0.2, 0) is 19.3 Å². The number of nitrogens with zero attached hydrogens (tertiary/aromatic N) is 5. The van der Waals surface area contributed by atoms with Crippen LogP contribution >= 0.6 is 11.3 Å². The minimum absolute atomic E-state index is 0.433. The molecule has 0 amide bonds. The Bertz CT molecular complexity index is 859. The van der Waals surface area contributed by atoms with Gasteiger partial charge in [-0.1, -0.05) is 18.1 Å². The van der Waals surface area contributed by atoms with Crippen LogP contribution in [0.25, 0.3) is 11.6 Å². The summed E-state index contributed by atoms with van der Waals surface area (Å²) in [5, 5.41) is 11.7. The monoisotopic (exact) mass is 385 g/mol. The van der Waals surface area contributed by atoms with Crippen LogP contribution in [0.15, 0.2) is 40.1 Å². The van der Waals surface area contributed by atoms with Gasteiger partial charge in [-0.05, 0) is 18.6 Å². The molecule has 3 heterocycles. The van der Waals surface area contributed by atoms with Gasteiger partial charge in [0.25, 0.3) is 5.89 Å². The number of pyridine rings is 1. The van der Waals surface area contributed by atoms with Crippen molar-refractivity contribution in [2.45, 2.75) is 26.2 Å². The van der Waals surface area contributed by atoms with Gasteiger partial charge < -0.3 is 15.2 Å². The molecule has 3 aromatic rings. The highest BCUT2D eigenvalue weighted by Gasteiger charge is 2.09. The molecule has 0 aromatic carbocycles. The van der Waals surface area contributed by atoms with E-state index in [-0.39, 0.29) is 0 Å². The molecule has 0 saturated carbocycles. The summed E-state index contributed by atoms with van der Waals surface area (Å²) in [6, 6.07) is 5.58. The third-order valence-corrected chi connectivity index (χ3v) is 5.00. The standard InChI is InChI=1S/C18H23N7OS/c1-3-13-12-23-16(27-13)8-11-22-18(19-2)21-10-7-15-24-17(26-25-15)14-6-4-5-9-20-14/h4-6,9,12H,3,7-8,10-11H2,1-2H3,(H2,19,21,22). The zero-order valence-electron chi connectivity index (χ0n) is 15.5. The van der Waals surface area contributed by atoms with Crippen molar-refractivity contribution in [3.63, 3.8) is 0 Å². The lowest BCUT2D eigenvalue weighted by molar-refractivity contribution is 0.421. The Morgan fingerprint density at radius 2 is 2.04 bits per heavy atom. The lowest BCUT2D eigenvalue weighted by Crippen LogP contribution is -2.39. The first-order chi connectivity index (χ1) is 13.3. The van der Waals surface area contributed by atoms with Crippen LogP contribution in [-0.4, -0.2) is 46.2 Å². The second-order valence-corrected chi connectivity index (χ2v) is 6.93. The molecule has 0 aliphatic rings. The lowest BCUT2D eigenvalue weighted by atomic mass is 10.3. The zero-order valence-corrected chi connectivity index (χ0v) is 16.3. The second-order valence-electron chi connectivity index (χ2n) is 5.73. The Hall–Kier alpha value is -2.81. The van der Waals surface area contributed by atoms with E-state index in [1.54, 1.807) is 24.6 Å². The molecule has 8 nitrogen and oxygen atoms in total. The minimum atomic E-state index is 0.433. The molecule has 3 aromatic heterocycles. The number of guanidine groups is 1. The van der Waals surface area contributed by atoms with Crippen LogP contribution in [0, 0.1) is 0 Å². The topological polar surface area (TPSA) is 101 Å². The van der Waals surface area contributed by atoms with Gasteiger partial charge in [-0.2, -0.15) is 4.98 Å². The van der Waals surface area contributed by atoms with Crippen molar-refractivity contribution < 1.29 is 4.52 Å². The van der Waals surface area contributed by atoms with E-state index in [1.807, 2.05) is 24.4 Å². The van der Waals surface area contributed by atoms with Gasteiger partial charge in [0.05, 0.1) is 5.01 Å². The van der Waals surface area contributed by atoms with E-state index in [0.29, 0.717) is 30.4 Å². The third kappa shape index (κ3) is 5.58. The van der Waals surface area contributed by atoms with Crippen LogP contribution in [0.4, 0.5) is 0 Å². The maximum atomic E-state index is 5.26. The smallest absolute Gasteiger partial charge is 0.276 e. The molecular formula is C18H23N7OS. The molecule has 0 radical (unpaired) electrons. The molecular weight excluding hydrogens is 362 g/mol. The van der Waals surface area contributed by atoms with Crippen molar-refractivity contribution in [3.8, 4) is 11.6 Å². The predicted octanol–water partition coefficient (Wildman–Crippen LogP) is 2.10. The molecule has 142 valence electrons. The highest BCUT2D eigenvalue weighted by molar-refractivity contribution is 7.11. The van der Waals surface area contributed by atoms with Gasteiger partial charge in [0.15, 0.2) is 11.8 Å².